The maximum Gasteiger partial charge on any atom is 0.184 e. The van der Waals surface area contributed by atoms with Crippen molar-refractivity contribution in [3.05, 3.63) is 24.0 Å². The van der Waals surface area contributed by atoms with Crippen molar-refractivity contribution in [3.8, 4) is 11.4 Å². The van der Waals surface area contributed by atoms with Gasteiger partial charge < -0.3 is 5.73 Å². The van der Waals surface area contributed by atoms with Gasteiger partial charge >= 0.3 is 0 Å². The Hall–Kier alpha value is -1.98. The molecule has 2 rings (SSSR count). The first-order chi connectivity index (χ1) is 8.50. The summed E-state index contributed by atoms with van der Waals surface area (Å²) in [5.41, 5.74) is 6.79. The van der Waals surface area contributed by atoms with E-state index in [-0.39, 0.29) is 11.9 Å². The summed E-state index contributed by atoms with van der Waals surface area (Å²) in [5.74, 6) is 0.579. The smallest absolute Gasteiger partial charge is 0.184 e. The topological polar surface area (TPSA) is 69.6 Å². The average Bonchev–Trinajstić information content (AvgIpc) is 2.76. The highest BCUT2D eigenvalue weighted by Crippen LogP contribution is 2.27. The van der Waals surface area contributed by atoms with E-state index in [1.165, 1.54) is 12.1 Å². The quantitative estimate of drug-likeness (QED) is 0.847. The van der Waals surface area contributed by atoms with Gasteiger partial charge in [0.1, 0.15) is 5.82 Å². The second kappa shape index (κ2) is 4.72. The standard InChI is InChI=1S/C12H16FN5/c1-7(2)8(3)18-12(15-16-17-18)10-5-4-9(13)6-11(10)14/h4-8H,14H2,1-3H3. The molecule has 1 unspecified atom stereocenters. The van der Waals surface area contributed by atoms with Crippen LogP contribution in [-0.2, 0) is 0 Å². The lowest BCUT2D eigenvalue weighted by Crippen LogP contribution is -2.15. The van der Waals surface area contributed by atoms with Gasteiger partial charge in [-0.25, -0.2) is 9.07 Å². The Kier molecular flexibility index (Phi) is 3.27. The first-order valence-corrected chi connectivity index (χ1v) is 5.84. The molecule has 5 nitrogen and oxygen atoms in total. The lowest BCUT2D eigenvalue weighted by Gasteiger charge is -2.17. The molecule has 2 aromatic rings. The minimum Gasteiger partial charge on any atom is -0.398 e. The lowest BCUT2D eigenvalue weighted by molar-refractivity contribution is 0.371. The molecule has 0 aliphatic rings. The molecule has 0 saturated heterocycles. The lowest BCUT2D eigenvalue weighted by atomic mass is 10.1. The Balaban J connectivity index is 2.49. The summed E-state index contributed by atoms with van der Waals surface area (Å²) in [6.07, 6.45) is 0. The zero-order chi connectivity index (χ0) is 13.3. The maximum atomic E-state index is 13.0. The van der Waals surface area contributed by atoms with Gasteiger partial charge in [-0.1, -0.05) is 13.8 Å². The Morgan fingerprint density at radius 2 is 2.00 bits per heavy atom. The number of hydrogen-bond donors (Lipinski definition) is 1. The fourth-order valence-corrected chi connectivity index (χ4v) is 1.66. The number of nitrogens with zero attached hydrogens (tertiary/aromatic N) is 4. The molecule has 0 bridgehead atoms. The molecule has 0 aliphatic carbocycles. The molecule has 96 valence electrons. The van der Waals surface area contributed by atoms with Crippen molar-refractivity contribution in [1.29, 1.82) is 0 Å². The number of nitrogen functional groups attached to an aromatic ring is 1. The van der Waals surface area contributed by atoms with Crippen molar-refractivity contribution in [2.24, 2.45) is 5.92 Å². The fraction of sp³-hybridized carbons (Fsp3) is 0.417. The predicted molar refractivity (Wildman–Crippen MR) is 67.2 cm³/mol. The highest BCUT2D eigenvalue weighted by atomic mass is 19.1. The summed E-state index contributed by atoms with van der Waals surface area (Å²) in [5, 5.41) is 11.6. The van der Waals surface area contributed by atoms with Gasteiger partial charge in [-0.05, 0) is 41.5 Å². The van der Waals surface area contributed by atoms with Gasteiger partial charge in [0.2, 0.25) is 0 Å². The summed E-state index contributed by atoms with van der Waals surface area (Å²) in [4.78, 5) is 0. The van der Waals surface area contributed by atoms with E-state index in [0.717, 1.165) is 0 Å². The maximum absolute atomic E-state index is 13.0. The fourth-order valence-electron chi connectivity index (χ4n) is 1.66. The summed E-state index contributed by atoms with van der Waals surface area (Å²) < 4.78 is 14.8. The van der Waals surface area contributed by atoms with Crippen LogP contribution in [0.5, 0.6) is 0 Å². The molecule has 1 heterocycles. The molecule has 0 aliphatic heterocycles. The van der Waals surface area contributed by atoms with Crippen LogP contribution in [-0.4, -0.2) is 20.2 Å². The van der Waals surface area contributed by atoms with Crippen molar-refractivity contribution in [2.45, 2.75) is 26.8 Å². The molecule has 6 heteroatoms. The normalized spacial score (nSPS) is 12.9. The van der Waals surface area contributed by atoms with Gasteiger partial charge in [-0.15, -0.1) is 5.10 Å². The number of benzene rings is 1. The third-order valence-electron chi connectivity index (χ3n) is 3.10. The SMILES string of the molecule is CC(C)C(C)n1nnnc1-c1ccc(F)cc1N. The summed E-state index contributed by atoms with van der Waals surface area (Å²) >= 11 is 0. The molecule has 0 amide bonds. The number of halogens is 1. The van der Waals surface area contributed by atoms with Gasteiger partial charge in [-0.2, -0.15) is 0 Å². The predicted octanol–water partition coefficient (Wildman–Crippen LogP) is 2.28. The molecule has 0 spiro atoms. The number of anilines is 1. The minimum absolute atomic E-state index is 0.138. The van der Waals surface area contributed by atoms with Crippen LogP contribution in [0.4, 0.5) is 10.1 Å². The van der Waals surface area contributed by atoms with E-state index in [0.29, 0.717) is 23.0 Å². The molecule has 18 heavy (non-hydrogen) atoms. The van der Waals surface area contributed by atoms with Crippen molar-refractivity contribution < 1.29 is 4.39 Å². The molecule has 1 aromatic heterocycles. The third kappa shape index (κ3) is 2.18. The molecule has 1 aromatic carbocycles. The van der Waals surface area contributed by atoms with Gasteiger partial charge in [0.25, 0.3) is 0 Å². The van der Waals surface area contributed by atoms with E-state index < -0.39 is 0 Å². The second-order valence-electron chi connectivity index (χ2n) is 4.66. The third-order valence-corrected chi connectivity index (χ3v) is 3.10. The van der Waals surface area contributed by atoms with Crippen LogP contribution in [0.1, 0.15) is 26.8 Å². The van der Waals surface area contributed by atoms with Gasteiger partial charge in [0.15, 0.2) is 5.82 Å². The molecule has 2 N–H and O–H groups in total. The largest absolute Gasteiger partial charge is 0.398 e. The minimum atomic E-state index is -0.368. The van der Waals surface area contributed by atoms with E-state index in [1.807, 2.05) is 6.92 Å². The summed E-state index contributed by atoms with van der Waals surface area (Å²) in [6.45, 7) is 6.21. The number of aromatic nitrogens is 4. The number of rotatable bonds is 3. The zero-order valence-corrected chi connectivity index (χ0v) is 10.6. The summed E-state index contributed by atoms with van der Waals surface area (Å²) in [7, 11) is 0. The monoisotopic (exact) mass is 249 g/mol. The molecular formula is C12H16FN5. The van der Waals surface area contributed by atoms with Gasteiger partial charge in [0.05, 0.1) is 6.04 Å². The average molecular weight is 249 g/mol. The Morgan fingerprint density at radius 3 is 2.61 bits per heavy atom. The van der Waals surface area contributed by atoms with Gasteiger partial charge in [0, 0.05) is 11.3 Å². The number of hydrogen-bond acceptors (Lipinski definition) is 4. The van der Waals surface area contributed by atoms with Crippen LogP contribution in [0.15, 0.2) is 18.2 Å². The van der Waals surface area contributed by atoms with Crippen LogP contribution in [0, 0.1) is 11.7 Å². The van der Waals surface area contributed by atoms with Crippen molar-refractivity contribution in [1.82, 2.24) is 20.2 Å². The second-order valence-corrected chi connectivity index (χ2v) is 4.66. The van der Waals surface area contributed by atoms with Crippen LogP contribution in [0.2, 0.25) is 0 Å². The van der Waals surface area contributed by atoms with Crippen LogP contribution in [0.3, 0.4) is 0 Å². The molecule has 1 atom stereocenters. The van der Waals surface area contributed by atoms with E-state index in [1.54, 1.807) is 10.7 Å². The Labute approximate surface area is 105 Å². The molecule has 0 fully saturated rings. The molecular weight excluding hydrogens is 233 g/mol. The molecule has 0 radical (unpaired) electrons. The van der Waals surface area contributed by atoms with Gasteiger partial charge in [-0.3, -0.25) is 0 Å². The van der Waals surface area contributed by atoms with Crippen molar-refractivity contribution in [3.63, 3.8) is 0 Å². The van der Waals surface area contributed by atoms with E-state index in [9.17, 15) is 4.39 Å². The highest BCUT2D eigenvalue weighted by Gasteiger charge is 2.18. The zero-order valence-electron chi connectivity index (χ0n) is 10.6. The van der Waals surface area contributed by atoms with Crippen molar-refractivity contribution >= 4 is 5.69 Å². The van der Waals surface area contributed by atoms with Crippen LogP contribution < -0.4 is 5.73 Å². The van der Waals surface area contributed by atoms with E-state index in [4.69, 9.17) is 5.73 Å². The number of nitrogens with two attached hydrogens (primary N) is 1. The first kappa shape index (κ1) is 12.5. The van der Waals surface area contributed by atoms with E-state index in [2.05, 4.69) is 29.4 Å². The highest BCUT2D eigenvalue weighted by molar-refractivity contribution is 5.71. The molecule has 0 saturated carbocycles. The first-order valence-electron chi connectivity index (χ1n) is 5.84. The van der Waals surface area contributed by atoms with Crippen molar-refractivity contribution in [2.75, 3.05) is 5.73 Å². The van der Waals surface area contributed by atoms with Crippen LogP contribution in [0.25, 0.3) is 11.4 Å². The number of tetrazole rings is 1. The van der Waals surface area contributed by atoms with E-state index >= 15 is 0 Å². The summed E-state index contributed by atoms with van der Waals surface area (Å²) in [6, 6.07) is 4.36. The Bertz CT molecular complexity index is 549. The Morgan fingerprint density at radius 1 is 1.28 bits per heavy atom. The van der Waals surface area contributed by atoms with Crippen LogP contribution >= 0.6 is 0 Å².